The van der Waals surface area contributed by atoms with Crippen molar-refractivity contribution in [2.75, 3.05) is 25.1 Å². The highest BCUT2D eigenvalue weighted by atomic mass is 16.2. The van der Waals surface area contributed by atoms with Crippen LogP contribution in [0.15, 0.2) is 24.3 Å². The molecular weight excluding hydrogens is 198 g/mol. The van der Waals surface area contributed by atoms with E-state index < -0.39 is 0 Å². The van der Waals surface area contributed by atoms with Crippen LogP contribution in [0.3, 0.4) is 0 Å². The van der Waals surface area contributed by atoms with Gasteiger partial charge in [-0.05, 0) is 31.9 Å². The Bertz CT molecular complexity index is 281. The molecule has 0 bridgehead atoms. The van der Waals surface area contributed by atoms with E-state index in [1.54, 1.807) is 0 Å². The van der Waals surface area contributed by atoms with Crippen molar-refractivity contribution in [2.24, 2.45) is 0 Å². The summed E-state index contributed by atoms with van der Waals surface area (Å²) >= 11 is 0. The summed E-state index contributed by atoms with van der Waals surface area (Å²) < 4.78 is 0. The van der Waals surface area contributed by atoms with Gasteiger partial charge in [0.2, 0.25) is 0 Å². The number of unbranched alkanes of at least 4 members (excludes halogenated alkanes) is 3. The highest BCUT2D eigenvalue weighted by molar-refractivity contribution is 5.46. The molecule has 0 saturated heterocycles. The van der Waals surface area contributed by atoms with E-state index in [0.717, 1.165) is 19.4 Å². The Labute approximate surface area is 98.9 Å². The maximum Gasteiger partial charge on any atom is 0.0431 e. The van der Waals surface area contributed by atoms with Crippen LogP contribution in [0.4, 0.5) is 5.69 Å². The minimum absolute atomic E-state index is 0.327. The van der Waals surface area contributed by atoms with Crippen LogP contribution in [-0.4, -0.2) is 25.3 Å². The summed E-state index contributed by atoms with van der Waals surface area (Å²) in [4.78, 5) is 2.29. The van der Waals surface area contributed by atoms with Crippen LogP contribution in [0.2, 0.25) is 0 Å². The Kier molecular flexibility index (Phi) is 5.94. The summed E-state index contributed by atoms with van der Waals surface area (Å²) in [6.07, 6.45) is 4.48. The number of rotatable bonds is 7. The molecule has 1 aromatic rings. The average molecular weight is 221 g/mol. The second-order valence-corrected chi connectivity index (χ2v) is 4.39. The number of benzene rings is 1. The lowest BCUT2D eigenvalue weighted by Gasteiger charge is -2.19. The Balaban J connectivity index is 2.24. The summed E-state index contributed by atoms with van der Waals surface area (Å²) in [5.74, 6) is 0. The molecule has 0 aliphatic carbocycles. The molecule has 0 heterocycles. The average Bonchev–Trinajstić information content (AvgIpc) is 2.29. The van der Waals surface area contributed by atoms with Gasteiger partial charge in [0.05, 0.1) is 0 Å². The zero-order chi connectivity index (χ0) is 11.8. The molecule has 2 nitrogen and oxygen atoms in total. The molecule has 0 saturated carbocycles. The van der Waals surface area contributed by atoms with Gasteiger partial charge in [-0.2, -0.15) is 0 Å². The van der Waals surface area contributed by atoms with E-state index in [2.05, 4.69) is 43.1 Å². The van der Waals surface area contributed by atoms with Crippen molar-refractivity contribution in [3.05, 3.63) is 29.8 Å². The number of aliphatic hydroxyl groups excluding tert-OH is 1. The van der Waals surface area contributed by atoms with E-state index in [0.29, 0.717) is 6.61 Å². The third kappa shape index (κ3) is 4.67. The lowest BCUT2D eigenvalue weighted by atomic mass is 10.2. The van der Waals surface area contributed by atoms with Crippen LogP contribution in [0.25, 0.3) is 0 Å². The smallest absolute Gasteiger partial charge is 0.0431 e. The van der Waals surface area contributed by atoms with Crippen LogP contribution in [0, 0.1) is 6.92 Å². The Morgan fingerprint density at radius 3 is 2.25 bits per heavy atom. The molecule has 1 aromatic carbocycles. The predicted octanol–water partition coefficient (Wildman–Crippen LogP) is 2.98. The van der Waals surface area contributed by atoms with Crippen LogP contribution in [-0.2, 0) is 0 Å². The van der Waals surface area contributed by atoms with Crippen LogP contribution >= 0.6 is 0 Å². The van der Waals surface area contributed by atoms with E-state index in [9.17, 15) is 0 Å². The van der Waals surface area contributed by atoms with Gasteiger partial charge >= 0.3 is 0 Å². The van der Waals surface area contributed by atoms with Gasteiger partial charge in [0.1, 0.15) is 0 Å². The van der Waals surface area contributed by atoms with Gasteiger partial charge < -0.3 is 10.0 Å². The molecule has 16 heavy (non-hydrogen) atoms. The Morgan fingerprint density at radius 2 is 1.62 bits per heavy atom. The molecule has 90 valence electrons. The maximum absolute atomic E-state index is 8.67. The summed E-state index contributed by atoms with van der Waals surface area (Å²) in [5.41, 5.74) is 2.59. The van der Waals surface area contributed by atoms with Gasteiger partial charge in [-0.15, -0.1) is 0 Å². The lowest BCUT2D eigenvalue weighted by Crippen LogP contribution is -2.18. The predicted molar refractivity (Wildman–Crippen MR) is 70.0 cm³/mol. The van der Waals surface area contributed by atoms with E-state index >= 15 is 0 Å². The third-order valence-corrected chi connectivity index (χ3v) is 2.88. The van der Waals surface area contributed by atoms with Gasteiger partial charge in [0.15, 0.2) is 0 Å². The quantitative estimate of drug-likeness (QED) is 0.715. The number of aryl methyl sites for hydroxylation is 1. The van der Waals surface area contributed by atoms with Gasteiger partial charge in [0, 0.05) is 25.9 Å². The van der Waals surface area contributed by atoms with Crippen LogP contribution in [0.5, 0.6) is 0 Å². The standard InChI is InChI=1S/C14H23NO/c1-13-7-9-14(10-8-13)15(2)11-5-3-4-6-12-16/h7-10,16H,3-6,11-12H2,1-2H3. The van der Waals surface area contributed by atoms with Crippen molar-refractivity contribution in [3.63, 3.8) is 0 Å². The topological polar surface area (TPSA) is 23.5 Å². The minimum Gasteiger partial charge on any atom is -0.396 e. The normalized spacial score (nSPS) is 10.4. The van der Waals surface area contributed by atoms with Gasteiger partial charge in [-0.1, -0.05) is 30.5 Å². The Hall–Kier alpha value is -1.02. The van der Waals surface area contributed by atoms with Crippen molar-refractivity contribution in [2.45, 2.75) is 32.6 Å². The van der Waals surface area contributed by atoms with Crippen molar-refractivity contribution in [1.82, 2.24) is 0 Å². The first-order chi connectivity index (χ1) is 7.74. The molecule has 0 unspecified atom stereocenters. The van der Waals surface area contributed by atoms with Crippen molar-refractivity contribution in [1.29, 1.82) is 0 Å². The molecule has 0 amide bonds. The zero-order valence-corrected chi connectivity index (χ0v) is 10.4. The van der Waals surface area contributed by atoms with Crippen molar-refractivity contribution < 1.29 is 5.11 Å². The molecule has 0 fully saturated rings. The van der Waals surface area contributed by atoms with Gasteiger partial charge in [-0.25, -0.2) is 0 Å². The molecule has 2 heteroatoms. The van der Waals surface area contributed by atoms with Gasteiger partial charge in [0.25, 0.3) is 0 Å². The number of anilines is 1. The monoisotopic (exact) mass is 221 g/mol. The highest BCUT2D eigenvalue weighted by Gasteiger charge is 1.99. The van der Waals surface area contributed by atoms with Crippen LogP contribution in [0.1, 0.15) is 31.2 Å². The lowest BCUT2D eigenvalue weighted by molar-refractivity contribution is 0.282. The zero-order valence-electron chi connectivity index (χ0n) is 10.4. The summed E-state index contributed by atoms with van der Waals surface area (Å²) in [6.45, 7) is 3.53. The van der Waals surface area contributed by atoms with Crippen LogP contribution < -0.4 is 4.90 Å². The first-order valence-electron chi connectivity index (χ1n) is 6.12. The fourth-order valence-electron chi connectivity index (χ4n) is 1.74. The molecule has 0 radical (unpaired) electrons. The molecule has 0 aromatic heterocycles. The first-order valence-corrected chi connectivity index (χ1v) is 6.12. The van der Waals surface area contributed by atoms with Gasteiger partial charge in [-0.3, -0.25) is 0 Å². The van der Waals surface area contributed by atoms with E-state index in [1.165, 1.54) is 24.1 Å². The summed E-state index contributed by atoms with van der Waals surface area (Å²) in [6, 6.07) is 8.64. The molecule has 0 atom stereocenters. The fraction of sp³-hybridized carbons (Fsp3) is 0.571. The number of hydrogen-bond acceptors (Lipinski definition) is 2. The number of nitrogens with zero attached hydrogens (tertiary/aromatic N) is 1. The van der Waals surface area contributed by atoms with Crippen molar-refractivity contribution in [3.8, 4) is 0 Å². The van der Waals surface area contributed by atoms with E-state index in [4.69, 9.17) is 5.11 Å². The van der Waals surface area contributed by atoms with E-state index in [1.807, 2.05) is 0 Å². The summed E-state index contributed by atoms with van der Waals surface area (Å²) in [7, 11) is 2.14. The first kappa shape index (κ1) is 13.0. The molecule has 0 aliphatic rings. The summed E-state index contributed by atoms with van der Waals surface area (Å²) in [5, 5.41) is 8.67. The second kappa shape index (κ2) is 7.29. The second-order valence-electron chi connectivity index (χ2n) is 4.39. The largest absolute Gasteiger partial charge is 0.396 e. The molecule has 0 spiro atoms. The number of aliphatic hydroxyl groups is 1. The molecule has 1 rings (SSSR count). The third-order valence-electron chi connectivity index (χ3n) is 2.88. The minimum atomic E-state index is 0.327. The number of hydrogen-bond donors (Lipinski definition) is 1. The van der Waals surface area contributed by atoms with E-state index in [-0.39, 0.29) is 0 Å². The molecule has 0 aliphatic heterocycles. The highest BCUT2D eigenvalue weighted by Crippen LogP contribution is 2.14. The SMILES string of the molecule is Cc1ccc(N(C)CCCCCCO)cc1. The Morgan fingerprint density at radius 1 is 1.00 bits per heavy atom. The molecular formula is C14H23NO. The van der Waals surface area contributed by atoms with Crippen molar-refractivity contribution >= 4 is 5.69 Å². The molecule has 1 N–H and O–H groups in total. The maximum atomic E-state index is 8.67. The fourth-order valence-corrected chi connectivity index (χ4v) is 1.74.